The third-order valence-electron chi connectivity index (χ3n) is 4.25. The maximum absolute atomic E-state index is 12.6. The lowest BCUT2D eigenvalue weighted by atomic mass is 10.1. The van der Waals surface area contributed by atoms with E-state index in [1.54, 1.807) is 43.3 Å². The number of H-pyrrole nitrogens is 1. The molecule has 3 aromatic rings. The highest BCUT2D eigenvalue weighted by molar-refractivity contribution is 7.99. The number of aryl methyl sites for hydroxylation is 1. The van der Waals surface area contributed by atoms with Gasteiger partial charge >= 0.3 is 0 Å². The number of rotatable bonds is 7. The molecule has 0 fully saturated rings. The molecule has 0 radical (unpaired) electrons. The molecule has 0 spiro atoms. The molecule has 0 bridgehead atoms. The van der Waals surface area contributed by atoms with Gasteiger partial charge in [-0.25, -0.2) is 0 Å². The quantitative estimate of drug-likeness (QED) is 0.463. The van der Waals surface area contributed by atoms with Crippen molar-refractivity contribution in [2.45, 2.75) is 25.4 Å². The first kappa shape index (κ1) is 22.5. The summed E-state index contributed by atoms with van der Waals surface area (Å²) in [5.41, 5.74) is 2.05. The second-order valence-corrected chi connectivity index (χ2v) is 7.93. The molecule has 0 unspecified atom stereocenters. The number of hydrogen-bond donors (Lipinski definition) is 3. The number of nitrogens with zero attached hydrogens (tertiary/aromatic N) is 2. The summed E-state index contributed by atoms with van der Waals surface area (Å²) >= 11 is 7.11. The van der Waals surface area contributed by atoms with Crippen LogP contribution in [-0.4, -0.2) is 32.7 Å². The fraction of sp³-hybridized carbons (Fsp3) is 0.190. The van der Waals surface area contributed by atoms with Crippen molar-refractivity contribution in [3.63, 3.8) is 0 Å². The van der Waals surface area contributed by atoms with Gasteiger partial charge in [-0.15, -0.1) is 10.2 Å². The van der Waals surface area contributed by atoms with Gasteiger partial charge in [0.15, 0.2) is 10.9 Å². The van der Waals surface area contributed by atoms with Gasteiger partial charge in [0.1, 0.15) is 0 Å². The number of hydrogen-bond acceptors (Lipinski definition) is 6. The Labute approximate surface area is 187 Å². The van der Waals surface area contributed by atoms with Crippen molar-refractivity contribution in [2.75, 3.05) is 16.4 Å². The van der Waals surface area contributed by atoms with Crippen molar-refractivity contribution >= 4 is 46.6 Å². The van der Waals surface area contributed by atoms with E-state index in [1.807, 2.05) is 13.0 Å². The topological polar surface area (TPSA) is 117 Å². The third kappa shape index (κ3) is 5.93. The highest BCUT2D eigenvalue weighted by Gasteiger charge is 2.14. The van der Waals surface area contributed by atoms with Gasteiger partial charge in [0.25, 0.3) is 5.56 Å². The van der Waals surface area contributed by atoms with Crippen LogP contribution in [0, 0.1) is 6.92 Å². The average molecular weight is 458 g/mol. The average Bonchev–Trinajstić information content (AvgIpc) is 2.75. The van der Waals surface area contributed by atoms with Gasteiger partial charge in [-0.1, -0.05) is 54.6 Å². The summed E-state index contributed by atoms with van der Waals surface area (Å²) < 4.78 is 0. The number of anilines is 2. The van der Waals surface area contributed by atoms with E-state index in [0.717, 1.165) is 17.3 Å². The molecule has 8 nitrogen and oxygen atoms in total. The molecule has 2 amide bonds. The van der Waals surface area contributed by atoms with Crippen molar-refractivity contribution < 1.29 is 9.59 Å². The van der Waals surface area contributed by atoms with E-state index >= 15 is 0 Å². The van der Waals surface area contributed by atoms with Crippen LogP contribution in [0.1, 0.15) is 18.9 Å². The Balaban J connectivity index is 1.69. The first-order chi connectivity index (χ1) is 14.9. The molecule has 0 aliphatic carbocycles. The van der Waals surface area contributed by atoms with E-state index in [4.69, 9.17) is 11.6 Å². The molecule has 2 aromatic carbocycles. The maximum atomic E-state index is 12.6. The zero-order valence-electron chi connectivity index (χ0n) is 16.9. The van der Waals surface area contributed by atoms with Crippen molar-refractivity contribution in [3.05, 3.63) is 63.4 Å². The van der Waals surface area contributed by atoms with Gasteiger partial charge in [0.2, 0.25) is 11.8 Å². The Kier molecular flexibility index (Phi) is 7.43. The summed E-state index contributed by atoms with van der Waals surface area (Å²) in [5, 5.41) is 14.3. The number of carbonyl (C=O) groups is 2. The second-order valence-electron chi connectivity index (χ2n) is 6.56. The number of thioether (sulfide) groups is 1. The molecular weight excluding hydrogens is 438 g/mol. The van der Waals surface area contributed by atoms with Crippen molar-refractivity contribution in [2.24, 2.45) is 0 Å². The number of para-hydroxylation sites is 1. The fourth-order valence-corrected chi connectivity index (χ4v) is 3.39. The van der Waals surface area contributed by atoms with E-state index in [2.05, 4.69) is 25.8 Å². The standard InChI is InChI=1S/C21H20ClN5O3S/c1-3-17(28)24-16-7-5-4-6-14(16)19-20(30)25-21(27-26-19)31-11-18(29)23-13-9-8-12(2)15(22)10-13/h4-10H,3,11H2,1-2H3,(H,23,29)(H,24,28)(H,25,27,30). The number of amides is 2. The normalized spacial score (nSPS) is 10.5. The minimum Gasteiger partial charge on any atom is -0.325 e. The first-order valence-electron chi connectivity index (χ1n) is 9.42. The summed E-state index contributed by atoms with van der Waals surface area (Å²) in [5.74, 6) is -0.423. The molecule has 3 N–H and O–H groups in total. The summed E-state index contributed by atoms with van der Waals surface area (Å²) in [6.07, 6.45) is 0.308. The van der Waals surface area contributed by atoms with Gasteiger partial charge in [-0.3, -0.25) is 19.4 Å². The highest BCUT2D eigenvalue weighted by Crippen LogP contribution is 2.24. The Morgan fingerprint density at radius 3 is 2.58 bits per heavy atom. The van der Waals surface area contributed by atoms with Gasteiger partial charge in [-0.2, -0.15) is 0 Å². The number of nitrogens with one attached hydrogen (secondary N) is 3. The molecule has 31 heavy (non-hydrogen) atoms. The Hall–Kier alpha value is -3.17. The van der Waals surface area contributed by atoms with Crippen LogP contribution in [0.15, 0.2) is 52.4 Å². The molecule has 0 aliphatic rings. The number of aromatic amines is 1. The summed E-state index contributed by atoms with van der Waals surface area (Å²) in [6.45, 7) is 3.61. The first-order valence-corrected chi connectivity index (χ1v) is 10.8. The summed E-state index contributed by atoms with van der Waals surface area (Å²) in [7, 11) is 0. The zero-order chi connectivity index (χ0) is 22.4. The monoisotopic (exact) mass is 457 g/mol. The van der Waals surface area contributed by atoms with Crippen molar-refractivity contribution in [3.8, 4) is 11.3 Å². The minimum atomic E-state index is -0.471. The molecule has 0 saturated carbocycles. The largest absolute Gasteiger partial charge is 0.325 e. The van der Waals surface area contributed by atoms with Gasteiger partial charge in [0, 0.05) is 22.7 Å². The van der Waals surface area contributed by atoms with Gasteiger partial charge in [0.05, 0.1) is 11.4 Å². The van der Waals surface area contributed by atoms with E-state index in [1.165, 1.54) is 0 Å². The van der Waals surface area contributed by atoms with E-state index in [-0.39, 0.29) is 28.4 Å². The summed E-state index contributed by atoms with van der Waals surface area (Å²) in [4.78, 5) is 39.1. The molecule has 1 aromatic heterocycles. The van der Waals surface area contributed by atoms with Crippen molar-refractivity contribution in [1.82, 2.24) is 15.2 Å². The van der Waals surface area contributed by atoms with Crippen LogP contribution in [0.5, 0.6) is 0 Å². The smallest absolute Gasteiger partial charge is 0.278 e. The van der Waals surface area contributed by atoms with Crippen LogP contribution in [0.3, 0.4) is 0 Å². The Bertz CT molecular complexity index is 1180. The molecular formula is C21H20ClN5O3S. The molecule has 10 heteroatoms. The molecule has 1 heterocycles. The highest BCUT2D eigenvalue weighted by atomic mass is 35.5. The lowest BCUT2D eigenvalue weighted by molar-refractivity contribution is -0.116. The van der Waals surface area contributed by atoms with Crippen LogP contribution in [0.4, 0.5) is 11.4 Å². The number of benzene rings is 2. The van der Waals surface area contributed by atoms with Crippen molar-refractivity contribution in [1.29, 1.82) is 0 Å². The number of carbonyl (C=O) groups excluding carboxylic acids is 2. The lowest BCUT2D eigenvalue weighted by Crippen LogP contribution is -2.18. The second kappa shape index (κ2) is 10.2. The molecule has 160 valence electrons. The predicted molar refractivity (Wildman–Crippen MR) is 123 cm³/mol. The zero-order valence-corrected chi connectivity index (χ0v) is 18.4. The van der Waals surface area contributed by atoms with Crippen LogP contribution in [0.25, 0.3) is 11.3 Å². The Morgan fingerprint density at radius 2 is 1.87 bits per heavy atom. The minimum absolute atomic E-state index is 0.0264. The predicted octanol–water partition coefficient (Wildman–Crippen LogP) is 3.87. The lowest BCUT2D eigenvalue weighted by Gasteiger charge is -2.09. The summed E-state index contributed by atoms with van der Waals surface area (Å²) in [6, 6.07) is 12.1. The molecule has 0 saturated heterocycles. The molecule has 0 aliphatic heterocycles. The van der Waals surface area contributed by atoms with E-state index in [9.17, 15) is 14.4 Å². The number of halogens is 1. The van der Waals surface area contributed by atoms with Crippen LogP contribution < -0.4 is 16.2 Å². The molecule has 0 atom stereocenters. The van der Waals surface area contributed by atoms with Crippen LogP contribution in [-0.2, 0) is 9.59 Å². The molecule has 3 rings (SSSR count). The SMILES string of the molecule is CCC(=O)Nc1ccccc1-c1nnc(SCC(=O)Nc2ccc(C)c(Cl)c2)[nH]c1=O. The van der Waals surface area contributed by atoms with Crippen LogP contribution in [0.2, 0.25) is 5.02 Å². The number of aromatic nitrogens is 3. The van der Waals surface area contributed by atoms with E-state index in [0.29, 0.717) is 28.4 Å². The van der Waals surface area contributed by atoms with Crippen LogP contribution >= 0.6 is 23.4 Å². The third-order valence-corrected chi connectivity index (χ3v) is 5.52. The maximum Gasteiger partial charge on any atom is 0.278 e. The van der Waals surface area contributed by atoms with Gasteiger partial charge < -0.3 is 10.6 Å². The fourth-order valence-electron chi connectivity index (χ4n) is 2.60. The van der Waals surface area contributed by atoms with E-state index < -0.39 is 5.56 Å². The Morgan fingerprint density at radius 1 is 1.10 bits per heavy atom. The van der Waals surface area contributed by atoms with Gasteiger partial charge in [-0.05, 0) is 30.7 Å².